The number of phosphoric acid groups is 1. The van der Waals surface area contributed by atoms with Crippen molar-refractivity contribution in [3.05, 3.63) is 0 Å². The quantitative estimate of drug-likeness (QED) is 0.266. The molecule has 0 bridgehead atoms. The molecule has 0 atom stereocenters. The zero-order valence-electron chi connectivity index (χ0n) is 8.14. The molecule has 0 aromatic rings. The molecule has 0 heterocycles. The van der Waals surface area contributed by atoms with Gasteiger partial charge in [-0.05, 0) is 0 Å². The molecule has 0 spiro atoms. The molecule has 10 nitrogen and oxygen atoms in total. The Morgan fingerprint density at radius 3 is 1.50 bits per heavy atom. The number of phosphoric ester groups is 1. The number of carbonyl (C=O) groups is 3. The molecule has 0 saturated heterocycles. The molecule has 0 unspecified atom stereocenters. The molecular weight excluding hydrogens is 302 g/mol. The number of carboxylic acid groups (broad SMARTS) is 3. The fraction of sp³-hybridized carbons (Fsp3) is 0.500. The van der Waals surface area contributed by atoms with Crippen LogP contribution in [0.3, 0.4) is 0 Å². The van der Waals surface area contributed by atoms with Gasteiger partial charge in [0.25, 0.3) is 0 Å². The number of hydrogen-bond donors (Lipinski definition) is 5. The van der Waals surface area contributed by atoms with Crippen molar-refractivity contribution in [2.24, 2.45) is 0 Å². The summed E-state index contributed by atoms with van der Waals surface area (Å²) < 4.78 is 14.4. The van der Waals surface area contributed by atoms with Crippen LogP contribution in [-0.2, 0) is 23.5 Å². The number of carboxylic acids is 3. The van der Waals surface area contributed by atoms with Gasteiger partial charge in [-0.25, -0.2) is 9.36 Å². The summed E-state index contributed by atoms with van der Waals surface area (Å²) in [6, 6.07) is 0. The Kier molecular flexibility index (Phi) is 8.73. The van der Waals surface area contributed by atoms with Crippen molar-refractivity contribution in [1.82, 2.24) is 0 Å². The molecule has 18 heavy (non-hydrogen) atoms. The fourth-order valence-corrected chi connectivity index (χ4v) is 1.70. The van der Waals surface area contributed by atoms with Crippen LogP contribution < -0.4 is 0 Å². The standard InChI is InChI=1S/C6H9O10P.K.H/c7-3(8)1-6(5(11)12,2-4(9)10)16-17(13,14)15;;/h1-2H2,(H,7,8)(H,9,10)(H,11,12)(H2,13,14,15);;. The van der Waals surface area contributed by atoms with Crippen molar-refractivity contribution in [1.29, 1.82) is 0 Å². The molecule has 0 aromatic heterocycles. The van der Waals surface area contributed by atoms with Gasteiger partial charge < -0.3 is 25.1 Å². The molecule has 0 radical (unpaired) electrons. The fourth-order valence-electron chi connectivity index (χ4n) is 1.03. The maximum atomic E-state index is 10.8. The molecule has 0 amide bonds. The number of rotatable bonds is 7. The Labute approximate surface area is 143 Å². The Morgan fingerprint density at radius 1 is 1.00 bits per heavy atom. The second-order valence-electron chi connectivity index (χ2n) is 3.02. The van der Waals surface area contributed by atoms with E-state index >= 15 is 0 Å². The summed E-state index contributed by atoms with van der Waals surface area (Å²) in [7, 11) is -5.36. The first-order chi connectivity index (χ1) is 7.48. The van der Waals surface area contributed by atoms with Crippen LogP contribution in [0.4, 0.5) is 0 Å². The summed E-state index contributed by atoms with van der Waals surface area (Å²) in [6.45, 7) is 0. The first-order valence-corrected chi connectivity index (χ1v) is 5.45. The van der Waals surface area contributed by atoms with Gasteiger partial charge in [0, 0.05) is 0 Å². The summed E-state index contributed by atoms with van der Waals surface area (Å²) >= 11 is 0. The molecule has 0 saturated carbocycles. The monoisotopic (exact) mass is 312 g/mol. The molecule has 0 aliphatic carbocycles. The Hall–Kier alpha value is 0.156. The van der Waals surface area contributed by atoms with Gasteiger partial charge in [0.05, 0.1) is 12.8 Å². The predicted molar refractivity (Wildman–Crippen MR) is 55.2 cm³/mol. The maximum absolute atomic E-state index is 10.8. The summed E-state index contributed by atoms with van der Waals surface area (Å²) in [6.07, 6.45) is -2.81. The van der Waals surface area contributed by atoms with Gasteiger partial charge in [0.1, 0.15) is 0 Å². The van der Waals surface area contributed by atoms with E-state index in [0.717, 1.165) is 0 Å². The molecule has 0 aliphatic rings. The minimum absolute atomic E-state index is 0. The van der Waals surface area contributed by atoms with E-state index in [1.54, 1.807) is 0 Å². The van der Waals surface area contributed by atoms with Crippen LogP contribution in [0, 0.1) is 0 Å². The minimum atomic E-state index is -5.36. The van der Waals surface area contributed by atoms with E-state index in [1.165, 1.54) is 0 Å². The van der Waals surface area contributed by atoms with Crippen molar-refractivity contribution in [3.8, 4) is 0 Å². The third kappa shape index (κ3) is 7.56. The topological polar surface area (TPSA) is 179 Å². The van der Waals surface area contributed by atoms with Crippen molar-refractivity contribution in [3.63, 3.8) is 0 Å². The molecule has 0 aromatic carbocycles. The van der Waals surface area contributed by atoms with Crippen LogP contribution in [0.1, 0.15) is 12.8 Å². The van der Waals surface area contributed by atoms with Crippen LogP contribution in [-0.4, -0.2) is 100.0 Å². The molecule has 0 aliphatic heterocycles. The van der Waals surface area contributed by atoms with Gasteiger partial charge in [-0.15, -0.1) is 0 Å². The van der Waals surface area contributed by atoms with Gasteiger partial charge in [-0.2, -0.15) is 0 Å². The average molecular weight is 312 g/mol. The van der Waals surface area contributed by atoms with Gasteiger partial charge in [0.2, 0.25) is 0 Å². The van der Waals surface area contributed by atoms with Gasteiger partial charge in [-0.3, -0.25) is 14.1 Å². The molecule has 12 heteroatoms. The Balaban J connectivity index is 0. The van der Waals surface area contributed by atoms with E-state index in [1.807, 2.05) is 0 Å². The third-order valence-electron chi connectivity index (χ3n) is 1.56. The van der Waals surface area contributed by atoms with Crippen LogP contribution in [0.25, 0.3) is 0 Å². The van der Waals surface area contributed by atoms with E-state index in [9.17, 15) is 18.9 Å². The van der Waals surface area contributed by atoms with Crippen molar-refractivity contribution >= 4 is 77.1 Å². The van der Waals surface area contributed by atoms with Gasteiger partial charge >= 0.3 is 77.1 Å². The normalized spacial score (nSPS) is 11.4. The van der Waals surface area contributed by atoms with E-state index in [-0.39, 0.29) is 51.4 Å². The van der Waals surface area contributed by atoms with Crippen molar-refractivity contribution in [2.45, 2.75) is 18.4 Å². The Bertz CT molecular complexity index is 370. The third-order valence-corrected chi connectivity index (χ3v) is 2.14. The van der Waals surface area contributed by atoms with Gasteiger partial charge in [0.15, 0.2) is 5.60 Å². The molecule has 100 valence electrons. The first-order valence-electron chi connectivity index (χ1n) is 3.92. The second-order valence-corrected chi connectivity index (χ2v) is 4.19. The first kappa shape index (κ1) is 20.5. The predicted octanol–water partition coefficient (Wildman–Crippen LogP) is -1.78. The van der Waals surface area contributed by atoms with E-state index < -0.39 is 44.2 Å². The van der Waals surface area contributed by atoms with E-state index in [0.29, 0.717) is 0 Å². The van der Waals surface area contributed by atoms with Crippen LogP contribution in [0.2, 0.25) is 0 Å². The van der Waals surface area contributed by atoms with Crippen LogP contribution in [0.5, 0.6) is 0 Å². The second kappa shape index (κ2) is 7.67. The summed E-state index contributed by atoms with van der Waals surface area (Å²) in [4.78, 5) is 48.5. The number of aliphatic carboxylic acids is 3. The van der Waals surface area contributed by atoms with Crippen LogP contribution in [0.15, 0.2) is 0 Å². The summed E-state index contributed by atoms with van der Waals surface area (Å²) in [5, 5.41) is 25.5. The van der Waals surface area contributed by atoms with Gasteiger partial charge in [-0.1, -0.05) is 0 Å². The summed E-state index contributed by atoms with van der Waals surface area (Å²) in [5.74, 6) is -5.64. The Morgan fingerprint density at radius 2 is 1.33 bits per heavy atom. The average Bonchev–Trinajstić information content (AvgIpc) is 1.96. The SMILES string of the molecule is O=C(O)CC(CC(=O)O)(OP(=O)(O)O)C(=O)O.[KH]. The van der Waals surface area contributed by atoms with E-state index in [2.05, 4.69) is 4.52 Å². The zero-order valence-corrected chi connectivity index (χ0v) is 9.03. The number of hydrogen-bond acceptors (Lipinski definition) is 5. The molecule has 0 rings (SSSR count). The molecular formula is C6H10KO10P. The van der Waals surface area contributed by atoms with Crippen molar-refractivity contribution in [2.75, 3.05) is 0 Å². The zero-order chi connectivity index (χ0) is 13.9. The molecule has 5 N–H and O–H groups in total. The summed E-state index contributed by atoms with van der Waals surface area (Å²) in [5.41, 5.74) is -3.02. The van der Waals surface area contributed by atoms with Crippen LogP contribution >= 0.6 is 7.82 Å². The molecule has 0 fully saturated rings. The van der Waals surface area contributed by atoms with Crippen molar-refractivity contribution < 1.29 is 48.6 Å². The van der Waals surface area contributed by atoms with E-state index in [4.69, 9.17) is 25.1 Å².